The Hall–Kier alpha value is -2.11. The molecule has 0 aliphatic carbocycles. The molecular weight excluding hydrogens is 307 g/mol. The summed E-state index contributed by atoms with van der Waals surface area (Å²) in [5, 5.41) is 6.10. The van der Waals surface area contributed by atoms with Crippen LogP contribution in [0.4, 0.5) is 4.39 Å². The van der Waals surface area contributed by atoms with Crippen molar-refractivity contribution in [3.8, 4) is 0 Å². The molecule has 2 N–H and O–H groups in total. The largest absolute Gasteiger partial charge is 0.357 e. The topological polar surface area (TPSA) is 56.7 Å². The van der Waals surface area contributed by atoms with Crippen molar-refractivity contribution < 1.29 is 9.18 Å². The average Bonchev–Trinajstić information content (AvgIpc) is 2.51. The molecule has 0 aliphatic rings. The maximum atomic E-state index is 13.0. The maximum Gasteiger partial charge on any atom is 0.225 e. The van der Waals surface area contributed by atoms with Crippen LogP contribution >= 0.6 is 0 Å². The van der Waals surface area contributed by atoms with E-state index in [1.165, 1.54) is 12.1 Å². The molecule has 24 heavy (non-hydrogen) atoms. The fourth-order valence-electron chi connectivity index (χ4n) is 2.00. The highest BCUT2D eigenvalue weighted by molar-refractivity contribution is 5.81. The van der Waals surface area contributed by atoms with Crippen LogP contribution in [0.1, 0.15) is 33.3 Å². The number of rotatable bonds is 6. The molecule has 0 aromatic heterocycles. The van der Waals surface area contributed by atoms with Crippen molar-refractivity contribution >= 4 is 11.9 Å². The van der Waals surface area contributed by atoms with Crippen molar-refractivity contribution in [3.05, 3.63) is 35.6 Å². The fourth-order valence-corrected chi connectivity index (χ4v) is 2.00. The van der Waals surface area contributed by atoms with E-state index in [-0.39, 0.29) is 11.7 Å². The van der Waals surface area contributed by atoms with Gasteiger partial charge >= 0.3 is 0 Å². The van der Waals surface area contributed by atoms with Crippen LogP contribution in [0.15, 0.2) is 29.3 Å². The fraction of sp³-hybridized carbons (Fsp3) is 0.556. The molecule has 0 saturated heterocycles. The number of hydrogen-bond donors (Lipinski definition) is 2. The lowest BCUT2D eigenvalue weighted by Crippen LogP contribution is -2.40. The quantitative estimate of drug-likeness (QED) is 0.476. The molecular formula is C18H29FN4O. The van der Waals surface area contributed by atoms with Gasteiger partial charge in [0.2, 0.25) is 5.91 Å². The SMILES string of the molecule is CCNC(=NCCNC(=O)C(C)(C)C)N(C)Cc1ccc(F)cc1. The summed E-state index contributed by atoms with van der Waals surface area (Å²) in [4.78, 5) is 18.3. The average molecular weight is 336 g/mol. The van der Waals surface area contributed by atoms with Crippen molar-refractivity contribution in [1.82, 2.24) is 15.5 Å². The summed E-state index contributed by atoms with van der Waals surface area (Å²) in [6, 6.07) is 6.43. The molecule has 0 aliphatic heterocycles. The van der Waals surface area contributed by atoms with Gasteiger partial charge in [-0.3, -0.25) is 9.79 Å². The Labute approximate surface area is 144 Å². The van der Waals surface area contributed by atoms with Crippen molar-refractivity contribution in [1.29, 1.82) is 0 Å². The van der Waals surface area contributed by atoms with Crippen LogP contribution in [0.3, 0.4) is 0 Å². The number of carbonyl (C=O) groups is 1. The van der Waals surface area contributed by atoms with Gasteiger partial charge in [0.25, 0.3) is 0 Å². The van der Waals surface area contributed by atoms with Crippen LogP contribution in [0.2, 0.25) is 0 Å². The third kappa shape index (κ3) is 6.98. The van der Waals surface area contributed by atoms with E-state index in [1.54, 1.807) is 12.1 Å². The van der Waals surface area contributed by atoms with Crippen molar-refractivity contribution in [3.63, 3.8) is 0 Å². The normalized spacial score (nSPS) is 12.0. The number of nitrogens with zero attached hydrogens (tertiary/aromatic N) is 2. The number of hydrogen-bond acceptors (Lipinski definition) is 2. The highest BCUT2D eigenvalue weighted by atomic mass is 19.1. The Bertz CT molecular complexity index is 549. The molecule has 0 spiro atoms. The van der Waals surface area contributed by atoms with Crippen LogP contribution in [0.5, 0.6) is 0 Å². The van der Waals surface area contributed by atoms with Gasteiger partial charge in [-0.05, 0) is 24.6 Å². The Kier molecular flexibility index (Phi) is 7.68. The molecule has 0 fully saturated rings. The molecule has 1 aromatic rings. The van der Waals surface area contributed by atoms with Crippen molar-refractivity contribution in [2.75, 3.05) is 26.7 Å². The van der Waals surface area contributed by atoms with E-state index in [1.807, 2.05) is 39.6 Å². The minimum absolute atomic E-state index is 0.0161. The van der Waals surface area contributed by atoms with E-state index in [9.17, 15) is 9.18 Å². The number of aliphatic imine (C=N–C) groups is 1. The van der Waals surface area contributed by atoms with Gasteiger partial charge in [-0.1, -0.05) is 32.9 Å². The molecule has 1 rings (SSSR count). The lowest BCUT2D eigenvalue weighted by atomic mass is 9.96. The number of nitrogens with one attached hydrogen (secondary N) is 2. The lowest BCUT2D eigenvalue weighted by molar-refractivity contribution is -0.128. The number of benzene rings is 1. The second-order valence-electron chi connectivity index (χ2n) is 6.72. The van der Waals surface area contributed by atoms with E-state index in [4.69, 9.17) is 0 Å². The first-order chi connectivity index (χ1) is 11.2. The molecule has 0 bridgehead atoms. The highest BCUT2D eigenvalue weighted by Gasteiger charge is 2.20. The number of carbonyl (C=O) groups excluding carboxylic acids is 1. The molecule has 1 aromatic carbocycles. The van der Waals surface area contributed by atoms with Crippen LogP contribution < -0.4 is 10.6 Å². The van der Waals surface area contributed by atoms with Gasteiger partial charge in [-0.2, -0.15) is 0 Å². The van der Waals surface area contributed by atoms with Gasteiger partial charge < -0.3 is 15.5 Å². The second kappa shape index (κ2) is 9.25. The standard InChI is InChI=1S/C18H29FN4O/c1-6-20-17(22-12-11-21-16(24)18(2,3)4)23(5)13-14-7-9-15(19)10-8-14/h7-10H,6,11-13H2,1-5H3,(H,20,22)(H,21,24). The Morgan fingerprint density at radius 2 is 1.83 bits per heavy atom. The Morgan fingerprint density at radius 3 is 2.38 bits per heavy atom. The predicted molar refractivity (Wildman–Crippen MR) is 96.3 cm³/mol. The van der Waals surface area contributed by atoms with Gasteiger partial charge in [0, 0.05) is 32.1 Å². The third-order valence-electron chi connectivity index (χ3n) is 3.37. The summed E-state index contributed by atoms with van der Waals surface area (Å²) in [5.74, 6) is 0.533. The summed E-state index contributed by atoms with van der Waals surface area (Å²) in [7, 11) is 1.93. The summed E-state index contributed by atoms with van der Waals surface area (Å²) in [5.41, 5.74) is 0.610. The molecule has 0 radical (unpaired) electrons. The highest BCUT2D eigenvalue weighted by Crippen LogP contribution is 2.11. The third-order valence-corrected chi connectivity index (χ3v) is 3.37. The number of amides is 1. The van der Waals surface area contributed by atoms with E-state index in [0.717, 1.165) is 18.1 Å². The monoisotopic (exact) mass is 336 g/mol. The zero-order chi connectivity index (χ0) is 18.2. The zero-order valence-corrected chi connectivity index (χ0v) is 15.3. The van der Waals surface area contributed by atoms with E-state index < -0.39 is 5.41 Å². The van der Waals surface area contributed by atoms with Crippen LogP contribution in [0, 0.1) is 11.2 Å². The van der Waals surface area contributed by atoms with Gasteiger partial charge in [-0.15, -0.1) is 0 Å². The van der Waals surface area contributed by atoms with Gasteiger partial charge in [0.05, 0.1) is 6.54 Å². The molecule has 6 heteroatoms. The molecule has 0 heterocycles. The van der Waals surface area contributed by atoms with Crippen molar-refractivity contribution in [2.45, 2.75) is 34.2 Å². The predicted octanol–water partition coefficient (Wildman–Crippen LogP) is 2.39. The molecule has 0 unspecified atom stereocenters. The van der Waals surface area contributed by atoms with Gasteiger partial charge in [0.15, 0.2) is 5.96 Å². The van der Waals surface area contributed by atoms with E-state index in [0.29, 0.717) is 19.6 Å². The molecule has 0 atom stereocenters. The van der Waals surface area contributed by atoms with Crippen LogP contribution in [-0.2, 0) is 11.3 Å². The molecule has 134 valence electrons. The second-order valence-corrected chi connectivity index (χ2v) is 6.72. The van der Waals surface area contributed by atoms with Crippen LogP contribution in [-0.4, -0.2) is 43.4 Å². The first-order valence-corrected chi connectivity index (χ1v) is 8.26. The number of halogens is 1. The van der Waals surface area contributed by atoms with E-state index in [2.05, 4.69) is 15.6 Å². The summed E-state index contributed by atoms with van der Waals surface area (Å²) in [6.45, 7) is 10.0. The van der Waals surface area contributed by atoms with Gasteiger partial charge in [-0.25, -0.2) is 4.39 Å². The molecule has 5 nitrogen and oxygen atoms in total. The maximum absolute atomic E-state index is 13.0. The number of guanidine groups is 1. The Balaban J connectivity index is 2.57. The molecule has 0 saturated carbocycles. The zero-order valence-electron chi connectivity index (χ0n) is 15.3. The minimum atomic E-state index is -0.395. The molecule has 1 amide bonds. The lowest BCUT2D eigenvalue weighted by Gasteiger charge is -2.22. The minimum Gasteiger partial charge on any atom is -0.357 e. The summed E-state index contributed by atoms with van der Waals surface area (Å²) >= 11 is 0. The first kappa shape index (κ1) is 19.9. The summed E-state index contributed by atoms with van der Waals surface area (Å²) < 4.78 is 13.0. The van der Waals surface area contributed by atoms with Crippen LogP contribution in [0.25, 0.3) is 0 Å². The van der Waals surface area contributed by atoms with Gasteiger partial charge in [0.1, 0.15) is 5.82 Å². The first-order valence-electron chi connectivity index (χ1n) is 8.26. The van der Waals surface area contributed by atoms with E-state index >= 15 is 0 Å². The summed E-state index contributed by atoms with van der Waals surface area (Å²) in [6.07, 6.45) is 0. The Morgan fingerprint density at radius 1 is 1.21 bits per heavy atom. The van der Waals surface area contributed by atoms with Crippen molar-refractivity contribution in [2.24, 2.45) is 10.4 Å². The smallest absolute Gasteiger partial charge is 0.225 e.